The standard InChI is InChI=1S/C52H33N3O2/c1-32-10-2-3-14-41(32)47-30-46(36-12-8-11-33(24-36)37-13-9-23-53-31-37)54-52(55-47)40-26-38(34-19-21-50-44(28-34)42-15-4-6-17-48(42)56-50)25-39(27-40)35-20-22-51-45(29-35)43-16-5-7-18-49(43)57-51/h2-31H,1H3. The van der Waals surface area contributed by atoms with Crippen LogP contribution in [0, 0.1) is 6.92 Å². The quantitative estimate of drug-likeness (QED) is 0.170. The van der Waals surface area contributed by atoms with Gasteiger partial charge in [0.15, 0.2) is 5.82 Å². The van der Waals surface area contributed by atoms with Crippen LogP contribution in [-0.2, 0) is 0 Å². The van der Waals surface area contributed by atoms with E-state index in [9.17, 15) is 0 Å². The molecule has 11 aromatic rings. The van der Waals surface area contributed by atoms with E-state index < -0.39 is 0 Å². The molecular formula is C52H33N3O2. The van der Waals surface area contributed by atoms with Gasteiger partial charge in [-0.25, -0.2) is 9.97 Å². The maximum Gasteiger partial charge on any atom is 0.160 e. The predicted molar refractivity (Wildman–Crippen MR) is 232 cm³/mol. The van der Waals surface area contributed by atoms with E-state index in [1.807, 2.05) is 36.5 Å². The largest absolute Gasteiger partial charge is 0.456 e. The zero-order valence-corrected chi connectivity index (χ0v) is 31.0. The Morgan fingerprint density at radius 3 is 1.58 bits per heavy atom. The minimum atomic E-state index is 0.644. The fourth-order valence-corrected chi connectivity index (χ4v) is 8.02. The molecule has 4 aromatic heterocycles. The molecule has 7 aromatic carbocycles. The van der Waals surface area contributed by atoms with Crippen molar-refractivity contribution in [3.63, 3.8) is 0 Å². The zero-order chi connectivity index (χ0) is 37.9. The number of para-hydroxylation sites is 2. The van der Waals surface area contributed by atoms with E-state index in [-0.39, 0.29) is 0 Å². The lowest BCUT2D eigenvalue weighted by Gasteiger charge is -2.14. The summed E-state index contributed by atoms with van der Waals surface area (Å²) in [6.45, 7) is 2.13. The van der Waals surface area contributed by atoms with Crippen LogP contribution in [0.2, 0.25) is 0 Å². The van der Waals surface area contributed by atoms with Crippen LogP contribution in [-0.4, -0.2) is 15.0 Å². The SMILES string of the molecule is Cc1ccccc1-c1cc(-c2cccc(-c3cccnc3)c2)nc(-c2cc(-c3ccc4oc5ccccc5c4c3)cc(-c3ccc4oc5ccccc5c4c3)c2)n1. The van der Waals surface area contributed by atoms with Gasteiger partial charge in [-0.05, 0) is 113 Å². The Balaban J connectivity index is 1.14. The summed E-state index contributed by atoms with van der Waals surface area (Å²) in [5.41, 5.74) is 15.7. The highest BCUT2D eigenvalue weighted by Gasteiger charge is 2.17. The number of benzene rings is 7. The molecule has 5 nitrogen and oxygen atoms in total. The molecule has 0 N–H and O–H groups in total. The second kappa shape index (κ2) is 13.3. The third-order valence-electron chi connectivity index (χ3n) is 10.9. The van der Waals surface area contributed by atoms with Gasteiger partial charge in [0.1, 0.15) is 22.3 Å². The van der Waals surface area contributed by atoms with E-state index in [1.165, 1.54) is 0 Å². The molecule has 0 amide bonds. The number of hydrogen-bond donors (Lipinski definition) is 0. The van der Waals surface area contributed by atoms with E-state index in [1.54, 1.807) is 6.20 Å². The lowest BCUT2D eigenvalue weighted by molar-refractivity contribution is 0.668. The number of nitrogens with zero attached hydrogens (tertiary/aromatic N) is 3. The molecule has 11 rings (SSSR count). The first kappa shape index (κ1) is 32.8. The normalized spacial score (nSPS) is 11.6. The smallest absolute Gasteiger partial charge is 0.160 e. The number of fused-ring (bicyclic) bond motifs is 6. The van der Waals surface area contributed by atoms with Gasteiger partial charge < -0.3 is 8.83 Å². The molecule has 268 valence electrons. The first-order valence-corrected chi connectivity index (χ1v) is 19.1. The molecule has 0 fully saturated rings. The zero-order valence-electron chi connectivity index (χ0n) is 31.0. The molecule has 0 aliphatic heterocycles. The number of pyridine rings is 1. The van der Waals surface area contributed by atoms with Gasteiger partial charge in [-0.1, -0.05) is 97.1 Å². The van der Waals surface area contributed by atoms with Gasteiger partial charge in [0.05, 0.1) is 11.4 Å². The lowest BCUT2D eigenvalue weighted by Crippen LogP contribution is -1.98. The minimum Gasteiger partial charge on any atom is -0.456 e. The molecule has 0 aliphatic rings. The summed E-state index contributed by atoms with van der Waals surface area (Å²) in [4.78, 5) is 15.0. The summed E-state index contributed by atoms with van der Waals surface area (Å²) in [5, 5.41) is 4.34. The Labute approximate surface area is 328 Å². The van der Waals surface area contributed by atoms with Crippen molar-refractivity contribution in [1.82, 2.24) is 15.0 Å². The molecule has 0 aliphatic carbocycles. The van der Waals surface area contributed by atoms with Crippen molar-refractivity contribution >= 4 is 43.9 Å². The maximum absolute atomic E-state index is 6.22. The molecular weight excluding hydrogens is 699 g/mol. The van der Waals surface area contributed by atoms with Gasteiger partial charge >= 0.3 is 0 Å². The van der Waals surface area contributed by atoms with E-state index in [0.29, 0.717) is 5.82 Å². The summed E-state index contributed by atoms with van der Waals surface area (Å²) >= 11 is 0. The highest BCUT2D eigenvalue weighted by atomic mass is 16.3. The monoisotopic (exact) mass is 731 g/mol. The van der Waals surface area contributed by atoms with Gasteiger partial charge in [-0.15, -0.1) is 0 Å². The molecule has 0 unspecified atom stereocenters. The molecule has 0 radical (unpaired) electrons. The number of rotatable bonds is 6. The second-order valence-electron chi connectivity index (χ2n) is 14.5. The Morgan fingerprint density at radius 1 is 0.368 bits per heavy atom. The van der Waals surface area contributed by atoms with E-state index in [2.05, 4.69) is 151 Å². The summed E-state index contributed by atoms with van der Waals surface area (Å²) in [6.07, 6.45) is 3.69. The van der Waals surface area contributed by atoms with Crippen molar-refractivity contribution in [2.24, 2.45) is 0 Å². The van der Waals surface area contributed by atoms with Crippen LogP contribution in [0.25, 0.3) is 111 Å². The van der Waals surface area contributed by atoms with Crippen LogP contribution in [0.15, 0.2) is 191 Å². The van der Waals surface area contributed by atoms with Gasteiger partial charge in [0, 0.05) is 56.2 Å². The van der Waals surface area contributed by atoms with Crippen molar-refractivity contribution in [3.8, 4) is 67.3 Å². The third-order valence-corrected chi connectivity index (χ3v) is 10.9. The number of aromatic nitrogens is 3. The highest BCUT2D eigenvalue weighted by molar-refractivity contribution is 6.07. The van der Waals surface area contributed by atoms with Crippen molar-refractivity contribution in [1.29, 1.82) is 0 Å². The van der Waals surface area contributed by atoms with Crippen molar-refractivity contribution < 1.29 is 8.83 Å². The molecule has 0 bridgehead atoms. The maximum atomic E-state index is 6.22. The van der Waals surface area contributed by atoms with E-state index >= 15 is 0 Å². The molecule has 0 saturated carbocycles. The molecule has 4 heterocycles. The highest BCUT2D eigenvalue weighted by Crippen LogP contribution is 2.39. The second-order valence-corrected chi connectivity index (χ2v) is 14.5. The van der Waals surface area contributed by atoms with Crippen LogP contribution in [0.1, 0.15) is 5.56 Å². The summed E-state index contributed by atoms with van der Waals surface area (Å²) in [6, 6.07) is 59.0. The molecule has 0 saturated heterocycles. The van der Waals surface area contributed by atoms with E-state index in [0.717, 1.165) is 111 Å². The minimum absolute atomic E-state index is 0.644. The molecule has 0 spiro atoms. The van der Waals surface area contributed by atoms with Gasteiger partial charge in [-0.3, -0.25) is 4.98 Å². The van der Waals surface area contributed by atoms with Crippen molar-refractivity contribution in [2.75, 3.05) is 0 Å². The summed E-state index contributed by atoms with van der Waals surface area (Å²) < 4.78 is 12.4. The Morgan fingerprint density at radius 2 is 0.912 bits per heavy atom. The van der Waals surface area contributed by atoms with Gasteiger partial charge in [0.25, 0.3) is 0 Å². The fraction of sp³-hybridized carbons (Fsp3) is 0.0192. The van der Waals surface area contributed by atoms with Crippen LogP contribution in [0.3, 0.4) is 0 Å². The predicted octanol–water partition coefficient (Wildman–Crippen LogP) is 14.0. The van der Waals surface area contributed by atoms with E-state index in [4.69, 9.17) is 18.8 Å². The first-order chi connectivity index (χ1) is 28.1. The van der Waals surface area contributed by atoms with Crippen LogP contribution < -0.4 is 0 Å². The Kier molecular flexibility index (Phi) is 7.64. The fourth-order valence-electron chi connectivity index (χ4n) is 8.02. The van der Waals surface area contributed by atoms with Crippen LogP contribution in [0.4, 0.5) is 0 Å². The first-order valence-electron chi connectivity index (χ1n) is 19.1. The van der Waals surface area contributed by atoms with Crippen molar-refractivity contribution in [3.05, 3.63) is 188 Å². The van der Waals surface area contributed by atoms with Crippen LogP contribution >= 0.6 is 0 Å². The summed E-state index contributed by atoms with van der Waals surface area (Å²) in [5.74, 6) is 0.644. The van der Waals surface area contributed by atoms with Crippen molar-refractivity contribution in [2.45, 2.75) is 6.92 Å². The molecule has 5 heteroatoms. The summed E-state index contributed by atoms with van der Waals surface area (Å²) in [7, 11) is 0. The lowest BCUT2D eigenvalue weighted by atomic mass is 9.94. The number of aryl methyl sites for hydroxylation is 1. The number of furan rings is 2. The Bertz CT molecular complexity index is 3190. The average Bonchev–Trinajstić information content (AvgIpc) is 3.84. The topological polar surface area (TPSA) is 65.0 Å². The third kappa shape index (κ3) is 5.85. The number of hydrogen-bond acceptors (Lipinski definition) is 5. The van der Waals surface area contributed by atoms with Crippen LogP contribution in [0.5, 0.6) is 0 Å². The average molecular weight is 732 g/mol. The van der Waals surface area contributed by atoms with Gasteiger partial charge in [0.2, 0.25) is 0 Å². The molecule has 0 atom stereocenters. The Hall–Kier alpha value is -7.63. The van der Waals surface area contributed by atoms with Gasteiger partial charge in [-0.2, -0.15) is 0 Å². The molecule has 57 heavy (non-hydrogen) atoms.